The maximum absolute atomic E-state index is 12.9. The van der Waals surface area contributed by atoms with Crippen LogP contribution in [0.2, 0.25) is 0 Å². The molecule has 2 saturated heterocycles. The maximum Gasteiger partial charge on any atom is 0.265 e. The first kappa shape index (κ1) is 22.2. The van der Waals surface area contributed by atoms with Gasteiger partial charge in [-0.05, 0) is 51.0 Å². The predicted molar refractivity (Wildman–Crippen MR) is 125 cm³/mol. The molecule has 0 unspecified atom stereocenters. The number of rotatable bonds is 6. The summed E-state index contributed by atoms with van der Waals surface area (Å²) in [6.07, 6.45) is 3.65. The first-order valence-corrected chi connectivity index (χ1v) is 11.2. The number of nitrogens with one attached hydrogen (secondary N) is 2. The standard InChI is InChI=1S/C23H26N4O4S/c1-3-26-22(30)18(21(29)25-23(26)32)11-17-14(2)27(19-9-5-4-8-16(17)19)13-20(28)24-12-15-7-6-10-31-15/h4-5,8-9,11,15H,3,6-7,10,12-13H2,1-2H3,(H,24,28)(H,25,29,32)/b18-11+/t15-/m1/s1. The highest BCUT2D eigenvalue weighted by Crippen LogP contribution is 2.29. The number of hydrogen-bond donors (Lipinski definition) is 2. The van der Waals surface area contributed by atoms with Crippen molar-refractivity contribution in [2.75, 3.05) is 19.7 Å². The van der Waals surface area contributed by atoms with Gasteiger partial charge in [0.2, 0.25) is 5.91 Å². The van der Waals surface area contributed by atoms with Gasteiger partial charge in [-0.1, -0.05) is 18.2 Å². The summed E-state index contributed by atoms with van der Waals surface area (Å²) in [5.74, 6) is -1.06. The van der Waals surface area contributed by atoms with Crippen molar-refractivity contribution in [3.8, 4) is 0 Å². The molecule has 2 N–H and O–H groups in total. The highest BCUT2D eigenvalue weighted by atomic mass is 32.1. The van der Waals surface area contributed by atoms with E-state index in [0.29, 0.717) is 13.1 Å². The molecule has 3 amide bonds. The van der Waals surface area contributed by atoms with E-state index in [2.05, 4.69) is 10.6 Å². The summed E-state index contributed by atoms with van der Waals surface area (Å²) in [5, 5.41) is 6.50. The monoisotopic (exact) mass is 454 g/mol. The van der Waals surface area contributed by atoms with E-state index in [1.165, 1.54) is 4.90 Å². The Kier molecular flexibility index (Phi) is 6.38. The fourth-order valence-electron chi connectivity index (χ4n) is 4.20. The largest absolute Gasteiger partial charge is 0.376 e. The summed E-state index contributed by atoms with van der Waals surface area (Å²) in [5.41, 5.74) is 2.41. The Hall–Kier alpha value is -3.04. The third-order valence-corrected chi connectivity index (χ3v) is 6.25. The van der Waals surface area contributed by atoms with E-state index in [1.807, 2.05) is 35.8 Å². The van der Waals surface area contributed by atoms with Crippen LogP contribution in [0.25, 0.3) is 17.0 Å². The molecule has 4 rings (SSSR count). The molecule has 8 nitrogen and oxygen atoms in total. The molecule has 0 aliphatic carbocycles. The normalized spacial score (nSPS) is 20.3. The predicted octanol–water partition coefficient (Wildman–Crippen LogP) is 1.89. The Labute approximate surface area is 191 Å². The molecular formula is C23H26N4O4S. The van der Waals surface area contributed by atoms with Crippen LogP contribution in [0.5, 0.6) is 0 Å². The molecule has 2 aromatic rings. The average molecular weight is 455 g/mol. The molecule has 32 heavy (non-hydrogen) atoms. The number of amides is 3. The van der Waals surface area contributed by atoms with E-state index < -0.39 is 11.8 Å². The molecule has 9 heteroatoms. The van der Waals surface area contributed by atoms with Gasteiger partial charge in [-0.2, -0.15) is 0 Å². The average Bonchev–Trinajstić information content (AvgIpc) is 3.37. The minimum absolute atomic E-state index is 0.0225. The van der Waals surface area contributed by atoms with E-state index in [0.717, 1.165) is 41.6 Å². The van der Waals surface area contributed by atoms with Crippen LogP contribution in [0.3, 0.4) is 0 Å². The van der Waals surface area contributed by atoms with Gasteiger partial charge < -0.3 is 14.6 Å². The molecule has 2 fully saturated rings. The first-order chi connectivity index (χ1) is 15.4. The number of aromatic nitrogens is 1. The number of likely N-dealkylation sites (N-methyl/N-ethyl adjacent to an activating group) is 1. The number of fused-ring (bicyclic) bond motifs is 1. The Morgan fingerprint density at radius 3 is 2.84 bits per heavy atom. The molecule has 0 spiro atoms. The van der Waals surface area contributed by atoms with Crippen molar-refractivity contribution in [2.45, 2.75) is 39.3 Å². The van der Waals surface area contributed by atoms with E-state index in [4.69, 9.17) is 17.0 Å². The lowest BCUT2D eigenvalue weighted by atomic mass is 10.0. The van der Waals surface area contributed by atoms with Gasteiger partial charge in [0.15, 0.2) is 5.11 Å². The quantitative estimate of drug-likeness (QED) is 0.395. The van der Waals surface area contributed by atoms with Crippen molar-refractivity contribution in [1.29, 1.82) is 0 Å². The molecule has 0 bridgehead atoms. The number of carbonyl (C=O) groups is 3. The van der Waals surface area contributed by atoms with Crippen LogP contribution in [-0.2, 0) is 25.7 Å². The summed E-state index contributed by atoms with van der Waals surface area (Å²) >= 11 is 5.11. The lowest BCUT2D eigenvalue weighted by Gasteiger charge is -2.27. The summed E-state index contributed by atoms with van der Waals surface area (Å²) in [6.45, 7) is 5.41. The van der Waals surface area contributed by atoms with Crippen LogP contribution in [0.15, 0.2) is 29.8 Å². The minimum Gasteiger partial charge on any atom is -0.376 e. The van der Waals surface area contributed by atoms with Gasteiger partial charge in [0.25, 0.3) is 11.8 Å². The number of hydrogen-bond acceptors (Lipinski definition) is 5. The second-order valence-electron chi connectivity index (χ2n) is 7.91. The third-order valence-electron chi connectivity index (χ3n) is 5.92. The molecule has 0 saturated carbocycles. The number of thiocarbonyl (C=S) groups is 1. The van der Waals surface area contributed by atoms with Crippen LogP contribution in [0.4, 0.5) is 0 Å². The Bertz CT molecular complexity index is 1130. The van der Waals surface area contributed by atoms with Crippen molar-refractivity contribution >= 4 is 52.0 Å². The molecule has 2 aliphatic rings. The fraction of sp³-hybridized carbons (Fsp3) is 0.391. The zero-order valence-corrected chi connectivity index (χ0v) is 19.0. The zero-order valence-electron chi connectivity index (χ0n) is 18.1. The summed E-state index contributed by atoms with van der Waals surface area (Å²) < 4.78 is 7.47. The second kappa shape index (κ2) is 9.22. The molecular weight excluding hydrogens is 428 g/mol. The lowest BCUT2D eigenvalue weighted by Crippen LogP contribution is -2.53. The highest BCUT2D eigenvalue weighted by molar-refractivity contribution is 7.80. The van der Waals surface area contributed by atoms with Gasteiger partial charge in [0.1, 0.15) is 12.1 Å². The molecule has 0 radical (unpaired) electrons. The van der Waals surface area contributed by atoms with Gasteiger partial charge in [0, 0.05) is 41.9 Å². The maximum atomic E-state index is 12.9. The summed E-state index contributed by atoms with van der Waals surface area (Å²) in [6, 6.07) is 7.63. The number of benzene rings is 1. The van der Waals surface area contributed by atoms with Crippen LogP contribution < -0.4 is 10.6 Å². The Morgan fingerprint density at radius 1 is 1.34 bits per heavy atom. The first-order valence-electron chi connectivity index (χ1n) is 10.8. The van der Waals surface area contributed by atoms with Crippen molar-refractivity contribution < 1.29 is 19.1 Å². The van der Waals surface area contributed by atoms with Gasteiger partial charge in [-0.3, -0.25) is 24.6 Å². The molecule has 1 atom stereocenters. The van der Waals surface area contributed by atoms with E-state index in [9.17, 15) is 14.4 Å². The number of para-hydroxylation sites is 1. The Morgan fingerprint density at radius 2 is 2.12 bits per heavy atom. The van der Waals surface area contributed by atoms with Crippen molar-refractivity contribution in [2.24, 2.45) is 0 Å². The van der Waals surface area contributed by atoms with Gasteiger partial charge in [0.05, 0.1) is 6.10 Å². The smallest absolute Gasteiger partial charge is 0.265 e. The third kappa shape index (κ3) is 4.18. The van der Waals surface area contributed by atoms with Crippen molar-refractivity contribution in [1.82, 2.24) is 20.1 Å². The van der Waals surface area contributed by atoms with Crippen LogP contribution >= 0.6 is 12.2 Å². The van der Waals surface area contributed by atoms with E-state index in [-0.39, 0.29) is 29.2 Å². The second-order valence-corrected chi connectivity index (χ2v) is 8.29. The minimum atomic E-state index is -0.518. The summed E-state index contributed by atoms with van der Waals surface area (Å²) in [4.78, 5) is 39.4. The summed E-state index contributed by atoms with van der Waals surface area (Å²) in [7, 11) is 0. The molecule has 3 heterocycles. The van der Waals surface area contributed by atoms with Crippen LogP contribution in [-0.4, -0.2) is 58.1 Å². The highest BCUT2D eigenvalue weighted by Gasteiger charge is 2.33. The van der Waals surface area contributed by atoms with E-state index in [1.54, 1.807) is 13.0 Å². The fourth-order valence-corrected chi connectivity index (χ4v) is 4.51. The molecule has 1 aromatic carbocycles. The molecule has 1 aromatic heterocycles. The topological polar surface area (TPSA) is 92.7 Å². The molecule has 168 valence electrons. The van der Waals surface area contributed by atoms with Crippen LogP contribution in [0.1, 0.15) is 31.0 Å². The van der Waals surface area contributed by atoms with E-state index >= 15 is 0 Å². The number of nitrogens with zero attached hydrogens (tertiary/aromatic N) is 2. The Balaban J connectivity index is 1.66. The number of carbonyl (C=O) groups excluding carboxylic acids is 3. The van der Waals surface area contributed by atoms with Crippen LogP contribution in [0, 0.1) is 6.92 Å². The zero-order chi connectivity index (χ0) is 22.8. The van der Waals surface area contributed by atoms with Crippen molar-refractivity contribution in [3.05, 3.63) is 41.1 Å². The SMILES string of the molecule is CCN1C(=O)/C(=C/c2c(C)n(CC(=O)NC[C@H]3CCCO3)c3ccccc23)C(=O)NC1=S. The lowest BCUT2D eigenvalue weighted by molar-refractivity contribution is -0.128. The molecule has 2 aliphatic heterocycles. The van der Waals surface area contributed by atoms with Gasteiger partial charge >= 0.3 is 0 Å². The van der Waals surface area contributed by atoms with Gasteiger partial charge in [-0.25, -0.2) is 0 Å². The van der Waals surface area contributed by atoms with Crippen molar-refractivity contribution in [3.63, 3.8) is 0 Å². The van der Waals surface area contributed by atoms with Gasteiger partial charge in [-0.15, -0.1) is 0 Å². The number of ether oxygens (including phenoxy) is 1.